The van der Waals surface area contributed by atoms with Gasteiger partial charge in [-0.1, -0.05) is 24.6 Å². The monoisotopic (exact) mass is 238 g/mol. The van der Waals surface area contributed by atoms with Crippen LogP contribution in [0.2, 0.25) is 5.02 Å². The number of carbonyl (C=O) groups excluding carboxylic acids is 1. The van der Waals surface area contributed by atoms with Crippen LogP contribution in [-0.4, -0.2) is 28.9 Å². The Hall–Kier alpha value is -1.35. The quantitative estimate of drug-likeness (QED) is 0.739. The highest BCUT2D eigenvalue weighted by Gasteiger charge is 2.16. The summed E-state index contributed by atoms with van der Waals surface area (Å²) in [7, 11) is 0. The van der Waals surface area contributed by atoms with Gasteiger partial charge in [0.15, 0.2) is 0 Å². The molecular formula is C12H15ClN2O. The standard InChI is InChI=1S/C12H15ClN2O/c1-3-7-15(8-4-2)12(16)10-9-14-6-5-11(10)13/h3,5-6,9H,1,4,7-8H2,2H3. The first kappa shape index (κ1) is 12.7. The van der Waals surface area contributed by atoms with E-state index in [1.807, 2.05) is 6.92 Å². The van der Waals surface area contributed by atoms with Crippen molar-refractivity contribution in [2.75, 3.05) is 13.1 Å². The average Bonchev–Trinajstić information content (AvgIpc) is 2.28. The van der Waals surface area contributed by atoms with Crippen molar-refractivity contribution < 1.29 is 4.79 Å². The molecule has 16 heavy (non-hydrogen) atoms. The molecule has 0 aromatic carbocycles. The number of hydrogen-bond donors (Lipinski definition) is 0. The summed E-state index contributed by atoms with van der Waals surface area (Å²) in [6, 6.07) is 1.62. The van der Waals surface area contributed by atoms with Crippen molar-refractivity contribution in [3.8, 4) is 0 Å². The summed E-state index contributed by atoms with van der Waals surface area (Å²) in [6.07, 6.45) is 5.67. The third-order valence-corrected chi connectivity index (χ3v) is 2.46. The Kier molecular flexibility index (Phi) is 4.99. The van der Waals surface area contributed by atoms with Crippen molar-refractivity contribution >= 4 is 17.5 Å². The Morgan fingerprint density at radius 1 is 1.69 bits per heavy atom. The lowest BCUT2D eigenvalue weighted by Crippen LogP contribution is -2.32. The second-order valence-corrected chi connectivity index (χ2v) is 3.80. The van der Waals surface area contributed by atoms with Crippen molar-refractivity contribution in [1.82, 2.24) is 9.88 Å². The lowest BCUT2D eigenvalue weighted by atomic mass is 10.2. The summed E-state index contributed by atoms with van der Waals surface area (Å²) in [5.74, 6) is -0.0974. The summed E-state index contributed by atoms with van der Waals surface area (Å²) in [6.45, 7) is 6.88. The number of carbonyl (C=O) groups is 1. The predicted octanol–water partition coefficient (Wildman–Crippen LogP) is 2.77. The molecule has 86 valence electrons. The second kappa shape index (κ2) is 6.28. The minimum absolute atomic E-state index is 0.0974. The lowest BCUT2D eigenvalue weighted by molar-refractivity contribution is 0.0774. The van der Waals surface area contributed by atoms with Gasteiger partial charge in [-0.25, -0.2) is 0 Å². The van der Waals surface area contributed by atoms with Crippen molar-refractivity contribution in [1.29, 1.82) is 0 Å². The highest BCUT2D eigenvalue weighted by atomic mass is 35.5. The normalized spacial score (nSPS) is 9.88. The Bertz CT molecular complexity index is 379. The molecule has 0 atom stereocenters. The van der Waals surface area contributed by atoms with Crippen LogP contribution < -0.4 is 0 Å². The van der Waals surface area contributed by atoms with Crippen molar-refractivity contribution in [2.45, 2.75) is 13.3 Å². The molecule has 1 amide bonds. The smallest absolute Gasteiger partial charge is 0.257 e. The molecule has 0 unspecified atom stereocenters. The molecule has 0 radical (unpaired) electrons. The van der Waals surface area contributed by atoms with Gasteiger partial charge in [-0.3, -0.25) is 9.78 Å². The molecule has 3 nitrogen and oxygen atoms in total. The number of nitrogens with zero attached hydrogens (tertiary/aromatic N) is 2. The lowest BCUT2D eigenvalue weighted by Gasteiger charge is -2.20. The maximum absolute atomic E-state index is 12.1. The van der Waals surface area contributed by atoms with Gasteiger partial charge in [-0.15, -0.1) is 6.58 Å². The molecule has 1 rings (SSSR count). The average molecular weight is 239 g/mol. The molecule has 0 fully saturated rings. The Morgan fingerprint density at radius 3 is 3.00 bits per heavy atom. The van der Waals surface area contributed by atoms with E-state index < -0.39 is 0 Å². The SMILES string of the molecule is C=CCN(CCC)C(=O)c1cnccc1Cl. The topological polar surface area (TPSA) is 33.2 Å². The largest absolute Gasteiger partial charge is 0.335 e. The zero-order valence-corrected chi connectivity index (χ0v) is 10.1. The minimum atomic E-state index is -0.0974. The van der Waals surface area contributed by atoms with E-state index in [2.05, 4.69) is 11.6 Å². The predicted molar refractivity (Wildman–Crippen MR) is 65.6 cm³/mol. The highest BCUT2D eigenvalue weighted by Crippen LogP contribution is 2.15. The molecule has 0 saturated carbocycles. The summed E-state index contributed by atoms with van der Waals surface area (Å²) >= 11 is 5.95. The fraction of sp³-hybridized carbons (Fsp3) is 0.333. The number of aromatic nitrogens is 1. The van der Waals surface area contributed by atoms with Gasteiger partial charge in [0.25, 0.3) is 5.91 Å². The van der Waals surface area contributed by atoms with E-state index in [4.69, 9.17) is 11.6 Å². The molecule has 0 aliphatic rings. The van der Waals surface area contributed by atoms with E-state index in [-0.39, 0.29) is 5.91 Å². The van der Waals surface area contributed by atoms with E-state index in [0.717, 1.165) is 6.42 Å². The van der Waals surface area contributed by atoms with E-state index in [1.54, 1.807) is 23.2 Å². The van der Waals surface area contributed by atoms with Gasteiger partial charge in [0.2, 0.25) is 0 Å². The van der Waals surface area contributed by atoms with Gasteiger partial charge >= 0.3 is 0 Å². The molecule has 1 heterocycles. The summed E-state index contributed by atoms with van der Waals surface area (Å²) < 4.78 is 0. The highest BCUT2D eigenvalue weighted by molar-refractivity contribution is 6.33. The molecule has 0 spiro atoms. The molecule has 0 N–H and O–H groups in total. The third kappa shape index (κ3) is 3.07. The number of halogens is 1. The zero-order chi connectivity index (χ0) is 12.0. The van der Waals surface area contributed by atoms with Gasteiger partial charge in [0.1, 0.15) is 0 Å². The van der Waals surface area contributed by atoms with E-state index in [0.29, 0.717) is 23.7 Å². The van der Waals surface area contributed by atoms with Crippen LogP contribution in [0.5, 0.6) is 0 Å². The first-order chi connectivity index (χ1) is 7.70. The van der Waals surface area contributed by atoms with Crippen molar-refractivity contribution in [3.63, 3.8) is 0 Å². The minimum Gasteiger partial charge on any atom is -0.335 e. The summed E-state index contributed by atoms with van der Waals surface area (Å²) in [4.78, 5) is 17.7. The maximum Gasteiger partial charge on any atom is 0.257 e. The Labute approximate surface area is 101 Å². The summed E-state index contributed by atoms with van der Waals surface area (Å²) in [5, 5.41) is 0.435. The first-order valence-corrected chi connectivity index (χ1v) is 5.58. The van der Waals surface area contributed by atoms with E-state index >= 15 is 0 Å². The molecule has 0 aliphatic heterocycles. The Balaban J connectivity index is 2.89. The second-order valence-electron chi connectivity index (χ2n) is 3.40. The van der Waals surface area contributed by atoms with Crippen LogP contribution in [0, 0.1) is 0 Å². The summed E-state index contributed by atoms with van der Waals surface area (Å²) in [5.41, 5.74) is 0.444. The number of hydrogen-bond acceptors (Lipinski definition) is 2. The fourth-order valence-corrected chi connectivity index (χ4v) is 1.59. The number of rotatable bonds is 5. The van der Waals surface area contributed by atoms with Crippen molar-refractivity contribution in [3.05, 3.63) is 41.7 Å². The van der Waals surface area contributed by atoms with Crippen LogP contribution in [0.15, 0.2) is 31.1 Å². The van der Waals surface area contributed by atoms with E-state index in [1.165, 1.54) is 6.20 Å². The van der Waals surface area contributed by atoms with Gasteiger partial charge in [0, 0.05) is 25.5 Å². The van der Waals surface area contributed by atoms with Crippen LogP contribution in [0.1, 0.15) is 23.7 Å². The van der Waals surface area contributed by atoms with Gasteiger partial charge < -0.3 is 4.90 Å². The van der Waals surface area contributed by atoms with Gasteiger partial charge in [-0.2, -0.15) is 0 Å². The molecule has 0 bridgehead atoms. The third-order valence-electron chi connectivity index (χ3n) is 2.13. The number of amides is 1. The molecule has 4 heteroatoms. The zero-order valence-electron chi connectivity index (χ0n) is 9.32. The van der Waals surface area contributed by atoms with E-state index in [9.17, 15) is 4.79 Å². The fourth-order valence-electron chi connectivity index (χ4n) is 1.41. The molecule has 1 aromatic heterocycles. The number of pyridine rings is 1. The van der Waals surface area contributed by atoms with Gasteiger partial charge in [-0.05, 0) is 12.5 Å². The van der Waals surface area contributed by atoms with Crippen LogP contribution >= 0.6 is 11.6 Å². The van der Waals surface area contributed by atoms with Crippen LogP contribution in [0.3, 0.4) is 0 Å². The van der Waals surface area contributed by atoms with Crippen LogP contribution in [-0.2, 0) is 0 Å². The molecule has 1 aromatic rings. The first-order valence-electron chi connectivity index (χ1n) is 5.20. The molecule has 0 saturated heterocycles. The molecular weight excluding hydrogens is 224 g/mol. The van der Waals surface area contributed by atoms with Gasteiger partial charge in [0.05, 0.1) is 10.6 Å². The Morgan fingerprint density at radius 2 is 2.44 bits per heavy atom. The van der Waals surface area contributed by atoms with Crippen molar-refractivity contribution in [2.24, 2.45) is 0 Å². The molecule has 0 aliphatic carbocycles. The maximum atomic E-state index is 12.1. The van der Waals surface area contributed by atoms with Crippen LogP contribution in [0.4, 0.5) is 0 Å². The van der Waals surface area contributed by atoms with Crippen LogP contribution in [0.25, 0.3) is 0 Å².